The number of carbonyl (C=O) groups excluding carboxylic acids is 1. The minimum absolute atomic E-state index is 0.0213. The molecule has 0 saturated carbocycles. The highest BCUT2D eigenvalue weighted by Gasteiger charge is 2.17. The SMILES string of the molecule is CCOc1cc(C=O)c(Br)c(Br)c1OCc1ccc([N+](=O)[O-])cc1. The number of benzene rings is 2. The third-order valence-electron chi connectivity index (χ3n) is 3.11. The van der Waals surface area contributed by atoms with Gasteiger partial charge in [-0.1, -0.05) is 0 Å². The summed E-state index contributed by atoms with van der Waals surface area (Å²) in [7, 11) is 0. The van der Waals surface area contributed by atoms with Gasteiger partial charge in [-0.3, -0.25) is 14.9 Å². The maximum Gasteiger partial charge on any atom is 0.269 e. The van der Waals surface area contributed by atoms with Crippen LogP contribution < -0.4 is 9.47 Å². The first kappa shape index (κ1) is 18.4. The van der Waals surface area contributed by atoms with Crippen molar-refractivity contribution >= 4 is 43.8 Å². The lowest BCUT2D eigenvalue weighted by molar-refractivity contribution is -0.384. The quantitative estimate of drug-likeness (QED) is 0.334. The van der Waals surface area contributed by atoms with Gasteiger partial charge in [0.25, 0.3) is 5.69 Å². The predicted octanol–water partition coefficient (Wildman–Crippen LogP) is 4.91. The molecule has 0 atom stereocenters. The average molecular weight is 459 g/mol. The zero-order valence-corrected chi connectivity index (χ0v) is 15.8. The Bertz CT molecular complexity index is 762. The largest absolute Gasteiger partial charge is 0.490 e. The molecular formula is C16H13Br2NO5. The second-order valence-corrected chi connectivity index (χ2v) is 6.27. The lowest BCUT2D eigenvalue weighted by Gasteiger charge is -2.16. The molecular weight excluding hydrogens is 446 g/mol. The van der Waals surface area contributed by atoms with Crippen LogP contribution in [0.15, 0.2) is 39.3 Å². The molecule has 6 nitrogen and oxygen atoms in total. The number of nitro groups is 1. The number of carbonyl (C=O) groups is 1. The standard InChI is InChI=1S/C16H13Br2NO5/c1-2-23-13-7-11(8-20)14(17)15(18)16(13)24-9-10-3-5-12(6-4-10)19(21)22/h3-8H,2,9H2,1H3. The van der Waals surface area contributed by atoms with Crippen LogP contribution in [0.25, 0.3) is 0 Å². The first-order chi connectivity index (χ1) is 11.5. The van der Waals surface area contributed by atoms with Crippen LogP contribution in [0.2, 0.25) is 0 Å². The number of aldehydes is 1. The molecule has 0 aromatic heterocycles. The van der Waals surface area contributed by atoms with Crippen molar-refractivity contribution in [2.75, 3.05) is 6.61 Å². The Kier molecular flexibility index (Phi) is 6.33. The first-order valence-corrected chi connectivity index (χ1v) is 8.52. The van der Waals surface area contributed by atoms with E-state index in [0.717, 1.165) is 11.8 Å². The Morgan fingerprint density at radius 3 is 2.38 bits per heavy atom. The Balaban J connectivity index is 2.26. The van der Waals surface area contributed by atoms with Gasteiger partial charge >= 0.3 is 0 Å². The van der Waals surface area contributed by atoms with E-state index >= 15 is 0 Å². The van der Waals surface area contributed by atoms with Gasteiger partial charge in [0, 0.05) is 22.2 Å². The Hall–Kier alpha value is -1.93. The van der Waals surface area contributed by atoms with Crippen LogP contribution >= 0.6 is 31.9 Å². The Morgan fingerprint density at radius 2 is 1.83 bits per heavy atom. The van der Waals surface area contributed by atoms with Crippen molar-refractivity contribution < 1.29 is 19.2 Å². The smallest absolute Gasteiger partial charge is 0.269 e. The van der Waals surface area contributed by atoms with Crippen LogP contribution in [-0.2, 0) is 6.61 Å². The molecule has 0 saturated heterocycles. The van der Waals surface area contributed by atoms with Crippen LogP contribution in [0, 0.1) is 10.1 Å². The molecule has 2 aromatic carbocycles. The molecule has 0 fully saturated rings. The van der Waals surface area contributed by atoms with Crippen molar-refractivity contribution in [2.24, 2.45) is 0 Å². The fourth-order valence-electron chi connectivity index (χ4n) is 1.96. The van der Waals surface area contributed by atoms with E-state index in [-0.39, 0.29) is 12.3 Å². The van der Waals surface area contributed by atoms with E-state index in [0.29, 0.717) is 32.6 Å². The fraction of sp³-hybridized carbons (Fsp3) is 0.188. The van der Waals surface area contributed by atoms with Crippen molar-refractivity contribution in [2.45, 2.75) is 13.5 Å². The number of halogens is 2. The molecule has 0 radical (unpaired) electrons. The van der Waals surface area contributed by atoms with Gasteiger partial charge in [0.2, 0.25) is 0 Å². The normalized spacial score (nSPS) is 10.3. The van der Waals surface area contributed by atoms with E-state index < -0.39 is 4.92 Å². The minimum atomic E-state index is -0.455. The molecule has 2 aromatic rings. The van der Waals surface area contributed by atoms with Gasteiger partial charge in [-0.15, -0.1) is 0 Å². The molecule has 24 heavy (non-hydrogen) atoms. The highest BCUT2D eigenvalue weighted by atomic mass is 79.9. The van der Waals surface area contributed by atoms with Crippen LogP contribution in [0.3, 0.4) is 0 Å². The molecule has 126 valence electrons. The summed E-state index contributed by atoms with van der Waals surface area (Å²) in [6.07, 6.45) is 0.720. The van der Waals surface area contributed by atoms with E-state index in [1.807, 2.05) is 6.92 Å². The number of nitro benzene ring substituents is 1. The summed E-state index contributed by atoms with van der Waals surface area (Å²) in [5.41, 5.74) is 1.23. The Morgan fingerprint density at radius 1 is 1.17 bits per heavy atom. The molecule has 0 amide bonds. The number of hydrogen-bond donors (Lipinski definition) is 0. The summed E-state index contributed by atoms with van der Waals surface area (Å²) >= 11 is 6.74. The third kappa shape index (κ3) is 4.12. The molecule has 2 rings (SSSR count). The van der Waals surface area contributed by atoms with Gasteiger partial charge in [0.1, 0.15) is 6.61 Å². The van der Waals surface area contributed by atoms with E-state index in [1.54, 1.807) is 18.2 Å². The maximum absolute atomic E-state index is 11.1. The van der Waals surface area contributed by atoms with Gasteiger partial charge in [-0.2, -0.15) is 0 Å². The molecule has 0 spiro atoms. The molecule has 0 aliphatic carbocycles. The number of non-ortho nitro benzene ring substituents is 1. The monoisotopic (exact) mass is 457 g/mol. The molecule has 0 N–H and O–H groups in total. The van der Waals surface area contributed by atoms with Gasteiger partial charge in [-0.25, -0.2) is 0 Å². The summed E-state index contributed by atoms with van der Waals surface area (Å²) in [5.74, 6) is 0.893. The third-order valence-corrected chi connectivity index (χ3v) is 5.26. The van der Waals surface area contributed by atoms with Gasteiger partial charge in [0.15, 0.2) is 17.8 Å². The summed E-state index contributed by atoms with van der Waals surface area (Å²) in [5, 5.41) is 10.7. The van der Waals surface area contributed by atoms with Crippen LogP contribution in [0.1, 0.15) is 22.8 Å². The maximum atomic E-state index is 11.1. The predicted molar refractivity (Wildman–Crippen MR) is 95.8 cm³/mol. The second-order valence-electron chi connectivity index (χ2n) is 4.68. The van der Waals surface area contributed by atoms with Crippen LogP contribution in [0.4, 0.5) is 5.69 Å². The molecule has 0 bridgehead atoms. The lowest BCUT2D eigenvalue weighted by Crippen LogP contribution is -2.02. The van der Waals surface area contributed by atoms with E-state index in [9.17, 15) is 14.9 Å². The summed E-state index contributed by atoms with van der Waals surface area (Å²) in [4.78, 5) is 21.3. The van der Waals surface area contributed by atoms with Gasteiger partial charge in [-0.05, 0) is 62.5 Å². The molecule has 8 heteroatoms. The van der Waals surface area contributed by atoms with Crippen LogP contribution in [0.5, 0.6) is 11.5 Å². The van der Waals surface area contributed by atoms with Gasteiger partial charge in [0.05, 0.1) is 16.0 Å². The average Bonchev–Trinajstić information content (AvgIpc) is 2.58. The molecule has 0 heterocycles. The van der Waals surface area contributed by atoms with E-state index in [4.69, 9.17) is 9.47 Å². The van der Waals surface area contributed by atoms with E-state index in [2.05, 4.69) is 31.9 Å². The number of hydrogen-bond acceptors (Lipinski definition) is 5. The minimum Gasteiger partial charge on any atom is -0.490 e. The fourth-order valence-corrected chi connectivity index (χ4v) is 2.88. The summed E-state index contributed by atoms with van der Waals surface area (Å²) < 4.78 is 12.5. The topological polar surface area (TPSA) is 78.7 Å². The highest BCUT2D eigenvalue weighted by molar-refractivity contribution is 9.13. The van der Waals surface area contributed by atoms with Crippen molar-refractivity contribution in [3.63, 3.8) is 0 Å². The summed E-state index contributed by atoms with van der Waals surface area (Å²) in [6.45, 7) is 2.44. The zero-order valence-electron chi connectivity index (χ0n) is 12.6. The van der Waals surface area contributed by atoms with Crippen molar-refractivity contribution in [3.05, 3.63) is 60.5 Å². The van der Waals surface area contributed by atoms with Crippen molar-refractivity contribution in [1.82, 2.24) is 0 Å². The zero-order chi connectivity index (χ0) is 17.7. The highest BCUT2D eigenvalue weighted by Crippen LogP contribution is 2.42. The van der Waals surface area contributed by atoms with Crippen LogP contribution in [-0.4, -0.2) is 17.8 Å². The molecule has 0 aliphatic rings. The number of ether oxygens (including phenoxy) is 2. The number of rotatable bonds is 7. The molecule has 0 aliphatic heterocycles. The van der Waals surface area contributed by atoms with E-state index in [1.165, 1.54) is 12.1 Å². The number of nitrogens with zero attached hydrogens (tertiary/aromatic N) is 1. The van der Waals surface area contributed by atoms with Crippen molar-refractivity contribution in [1.29, 1.82) is 0 Å². The van der Waals surface area contributed by atoms with Gasteiger partial charge < -0.3 is 9.47 Å². The lowest BCUT2D eigenvalue weighted by atomic mass is 10.2. The second kappa shape index (κ2) is 8.25. The first-order valence-electron chi connectivity index (χ1n) is 6.94. The van der Waals surface area contributed by atoms with Crippen molar-refractivity contribution in [3.8, 4) is 11.5 Å². The molecule has 0 unspecified atom stereocenters. The Labute approximate surface area is 155 Å². The summed E-state index contributed by atoms with van der Waals surface area (Å²) in [6, 6.07) is 7.68.